The molecule has 2 aromatic carbocycles. The van der Waals surface area contributed by atoms with Crippen molar-refractivity contribution in [2.24, 2.45) is 5.92 Å². The lowest BCUT2D eigenvalue weighted by Crippen LogP contribution is -2.43. The summed E-state index contributed by atoms with van der Waals surface area (Å²) in [7, 11) is -3.60. The van der Waals surface area contributed by atoms with E-state index in [0.29, 0.717) is 30.1 Å². The van der Waals surface area contributed by atoms with Crippen LogP contribution in [0.15, 0.2) is 47.4 Å². The van der Waals surface area contributed by atoms with Crippen LogP contribution in [0.4, 0.5) is 5.69 Å². The van der Waals surface area contributed by atoms with Crippen LogP contribution in [0.2, 0.25) is 5.02 Å². The normalized spacial score (nSPS) is 18.3. The van der Waals surface area contributed by atoms with Gasteiger partial charge in [0.1, 0.15) is 0 Å². The maximum absolute atomic E-state index is 12.9. The summed E-state index contributed by atoms with van der Waals surface area (Å²) in [5, 5.41) is 3.48. The van der Waals surface area contributed by atoms with Crippen LogP contribution < -0.4 is 5.32 Å². The van der Waals surface area contributed by atoms with Gasteiger partial charge in [-0.25, -0.2) is 8.42 Å². The number of nitrogens with zero attached hydrogens (tertiary/aromatic N) is 1. The molecule has 27 heavy (non-hydrogen) atoms. The van der Waals surface area contributed by atoms with Crippen LogP contribution >= 0.6 is 11.6 Å². The number of carbonyl (C=O) groups is 1. The first kappa shape index (κ1) is 19.9. The number of hydrogen-bond donors (Lipinski definition) is 1. The van der Waals surface area contributed by atoms with Crippen molar-refractivity contribution < 1.29 is 13.2 Å². The van der Waals surface area contributed by atoms with Crippen molar-refractivity contribution in [1.29, 1.82) is 0 Å². The number of carbonyl (C=O) groups excluding carboxylic acids is 1. The Hall–Kier alpha value is -1.89. The third kappa shape index (κ3) is 4.34. The van der Waals surface area contributed by atoms with Crippen molar-refractivity contribution in [2.75, 3.05) is 18.4 Å². The first-order chi connectivity index (χ1) is 12.8. The summed E-state index contributed by atoms with van der Waals surface area (Å²) >= 11 is 6.11. The number of amides is 1. The average Bonchev–Trinajstić information content (AvgIpc) is 2.66. The summed E-state index contributed by atoms with van der Waals surface area (Å²) in [5.74, 6) is -0.568. The molecule has 0 aliphatic carbocycles. The Morgan fingerprint density at radius 1 is 1.15 bits per heavy atom. The van der Waals surface area contributed by atoms with Crippen molar-refractivity contribution in [3.63, 3.8) is 0 Å². The maximum Gasteiger partial charge on any atom is 0.243 e. The zero-order valence-electron chi connectivity index (χ0n) is 15.4. The van der Waals surface area contributed by atoms with Gasteiger partial charge in [0.05, 0.1) is 10.8 Å². The van der Waals surface area contributed by atoms with Crippen LogP contribution in [0.3, 0.4) is 0 Å². The van der Waals surface area contributed by atoms with E-state index in [4.69, 9.17) is 11.6 Å². The van der Waals surface area contributed by atoms with Crippen molar-refractivity contribution in [3.8, 4) is 0 Å². The molecule has 1 saturated heterocycles. The maximum atomic E-state index is 12.9. The van der Waals surface area contributed by atoms with Gasteiger partial charge in [-0.15, -0.1) is 0 Å². The quantitative estimate of drug-likeness (QED) is 0.834. The Morgan fingerprint density at radius 2 is 1.85 bits per heavy atom. The van der Waals surface area contributed by atoms with Crippen LogP contribution in [0.25, 0.3) is 0 Å². The molecule has 0 bridgehead atoms. The summed E-state index contributed by atoms with van der Waals surface area (Å²) < 4.78 is 27.2. The highest BCUT2D eigenvalue weighted by molar-refractivity contribution is 7.89. The molecule has 3 rings (SSSR count). The SMILES string of the molecule is Cc1ccc(S(=O)(=O)N2CCC[C@@H](C(=O)Nc3cccc(Cl)c3C)C2)cc1. The number of rotatable bonds is 4. The summed E-state index contributed by atoms with van der Waals surface area (Å²) in [6.45, 7) is 4.36. The lowest BCUT2D eigenvalue weighted by atomic mass is 9.98. The summed E-state index contributed by atoms with van der Waals surface area (Å²) in [6.07, 6.45) is 1.31. The Morgan fingerprint density at radius 3 is 2.56 bits per heavy atom. The average molecular weight is 407 g/mol. The Labute approximate surface area is 165 Å². The van der Waals surface area contributed by atoms with Gasteiger partial charge in [-0.3, -0.25) is 4.79 Å². The predicted octanol–water partition coefficient (Wildman–Crippen LogP) is 4.00. The van der Waals surface area contributed by atoms with E-state index >= 15 is 0 Å². The van der Waals surface area contributed by atoms with Crippen molar-refractivity contribution >= 4 is 33.2 Å². The van der Waals surface area contributed by atoms with Gasteiger partial charge < -0.3 is 5.32 Å². The number of aryl methyl sites for hydroxylation is 1. The van der Waals surface area contributed by atoms with E-state index in [2.05, 4.69) is 5.32 Å². The Balaban J connectivity index is 1.74. The van der Waals surface area contributed by atoms with Gasteiger partial charge in [0.2, 0.25) is 15.9 Å². The fourth-order valence-electron chi connectivity index (χ4n) is 3.21. The zero-order chi connectivity index (χ0) is 19.6. The van der Waals surface area contributed by atoms with Crippen molar-refractivity contribution in [3.05, 3.63) is 58.6 Å². The topological polar surface area (TPSA) is 66.5 Å². The molecule has 2 aromatic rings. The molecule has 5 nitrogen and oxygen atoms in total. The van der Waals surface area contributed by atoms with E-state index in [0.717, 1.165) is 11.1 Å². The second kappa shape index (κ2) is 8.00. The van der Waals surface area contributed by atoms with E-state index in [9.17, 15) is 13.2 Å². The molecule has 0 aromatic heterocycles. The van der Waals surface area contributed by atoms with E-state index in [1.165, 1.54) is 4.31 Å². The predicted molar refractivity (Wildman–Crippen MR) is 107 cm³/mol. The fraction of sp³-hybridized carbons (Fsp3) is 0.350. The standard InChI is InChI=1S/C20H23ClN2O3S/c1-14-8-10-17(11-9-14)27(25,26)23-12-4-5-16(13-23)20(24)22-19-7-3-6-18(21)15(19)2/h3,6-11,16H,4-5,12-13H2,1-2H3,(H,22,24)/t16-/m1/s1. The smallest absolute Gasteiger partial charge is 0.243 e. The second-order valence-corrected chi connectivity index (χ2v) is 9.26. The van der Waals surface area contributed by atoms with Gasteiger partial charge in [0.25, 0.3) is 0 Å². The van der Waals surface area contributed by atoms with E-state index in [-0.39, 0.29) is 17.3 Å². The number of nitrogens with one attached hydrogen (secondary N) is 1. The number of halogens is 1. The van der Waals surface area contributed by atoms with Crippen molar-refractivity contribution in [2.45, 2.75) is 31.6 Å². The number of hydrogen-bond acceptors (Lipinski definition) is 3. The van der Waals surface area contributed by atoms with Gasteiger partial charge in [0.15, 0.2) is 0 Å². The monoisotopic (exact) mass is 406 g/mol. The zero-order valence-corrected chi connectivity index (χ0v) is 17.0. The number of piperidine rings is 1. The van der Waals surface area contributed by atoms with Crippen molar-refractivity contribution in [1.82, 2.24) is 4.31 Å². The first-order valence-electron chi connectivity index (χ1n) is 8.92. The molecule has 0 unspecified atom stereocenters. The van der Waals surface area contributed by atoms with Crippen LogP contribution in [0.5, 0.6) is 0 Å². The largest absolute Gasteiger partial charge is 0.326 e. The number of anilines is 1. The molecule has 1 heterocycles. The second-order valence-electron chi connectivity index (χ2n) is 6.92. The van der Waals surface area contributed by atoms with Crippen LogP contribution in [-0.4, -0.2) is 31.7 Å². The molecule has 1 N–H and O–H groups in total. The van der Waals surface area contributed by atoms with Crippen LogP contribution in [0.1, 0.15) is 24.0 Å². The molecule has 144 valence electrons. The highest BCUT2D eigenvalue weighted by Crippen LogP contribution is 2.27. The molecular weight excluding hydrogens is 384 g/mol. The number of sulfonamides is 1. The fourth-order valence-corrected chi connectivity index (χ4v) is 4.91. The third-order valence-corrected chi connectivity index (χ3v) is 7.23. The Bertz CT molecular complexity index is 942. The minimum Gasteiger partial charge on any atom is -0.326 e. The molecule has 0 radical (unpaired) electrons. The Kier molecular flexibility index (Phi) is 5.89. The molecular formula is C20H23ClN2O3S. The highest BCUT2D eigenvalue weighted by Gasteiger charge is 2.33. The molecule has 1 fully saturated rings. The molecule has 1 aliphatic rings. The van der Waals surface area contributed by atoms with Gasteiger partial charge in [0, 0.05) is 23.8 Å². The molecule has 7 heteroatoms. The minimum absolute atomic E-state index is 0.177. The van der Waals surface area contributed by atoms with Gasteiger partial charge in [-0.05, 0) is 56.5 Å². The van der Waals surface area contributed by atoms with Gasteiger partial charge in [-0.1, -0.05) is 35.4 Å². The lowest BCUT2D eigenvalue weighted by Gasteiger charge is -2.31. The van der Waals surface area contributed by atoms with Crippen LogP contribution in [0, 0.1) is 19.8 Å². The number of benzene rings is 2. The van der Waals surface area contributed by atoms with Gasteiger partial charge in [-0.2, -0.15) is 4.31 Å². The van der Waals surface area contributed by atoms with Gasteiger partial charge >= 0.3 is 0 Å². The summed E-state index contributed by atoms with van der Waals surface area (Å²) in [6, 6.07) is 12.1. The highest BCUT2D eigenvalue weighted by atomic mass is 35.5. The molecule has 1 atom stereocenters. The summed E-state index contributed by atoms with van der Waals surface area (Å²) in [5.41, 5.74) is 2.46. The minimum atomic E-state index is -3.60. The van der Waals surface area contributed by atoms with E-state index < -0.39 is 15.9 Å². The third-order valence-electron chi connectivity index (χ3n) is 4.94. The first-order valence-corrected chi connectivity index (χ1v) is 10.7. The van der Waals surface area contributed by atoms with Crippen LogP contribution in [-0.2, 0) is 14.8 Å². The molecule has 1 aliphatic heterocycles. The van der Waals surface area contributed by atoms with E-state index in [1.54, 1.807) is 42.5 Å². The summed E-state index contributed by atoms with van der Waals surface area (Å²) in [4.78, 5) is 13.0. The molecule has 1 amide bonds. The van der Waals surface area contributed by atoms with E-state index in [1.807, 2.05) is 13.8 Å². The molecule has 0 spiro atoms. The lowest BCUT2D eigenvalue weighted by molar-refractivity contribution is -0.120. The molecule has 0 saturated carbocycles.